The fourth-order valence-corrected chi connectivity index (χ4v) is 1.16. The van der Waals surface area contributed by atoms with Gasteiger partial charge in [-0.3, -0.25) is 9.59 Å². The van der Waals surface area contributed by atoms with Gasteiger partial charge in [-0.1, -0.05) is 0 Å². The first-order valence-corrected chi connectivity index (χ1v) is 5.25. The number of benzene rings is 1. The third-order valence-corrected chi connectivity index (χ3v) is 2.07. The standard InChI is InChI=1S/C11H12F3N3O2.ClH/c12-11(13,14)6-17-9(18)5-16-10(19)7-1-3-8(15)4-2-7;/h1-4H,5-6,15H2,(H,16,19)(H,17,18);1H. The first-order chi connectivity index (χ1) is 8.78. The lowest BCUT2D eigenvalue weighted by Gasteiger charge is -2.09. The zero-order chi connectivity index (χ0) is 14.5. The Morgan fingerprint density at radius 3 is 2.15 bits per heavy atom. The van der Waals surface area contributed by atoms with Crippen molar-refractivity contribution in [2.24, 2.45) is 0 Å². The number of alkyl halides is 3. The van der Waals surface area contributed by atoms with E-state index in [1.165, 1.54) is 24.3 Å². The molecule has 4 N–H and O–H groups in total. The van der Waals surface area contributed by atoms with Crippen LogP contribution in [0.2, 0.25) is 0 Å². The van der Waals surface area contributed by atoms with Gasteiger partial charge in [0.25, 0.3) is 5.91 Å². The van der Waals surface area contributed by atoms with Crippen LogP contribution >= 0.6 is 12.4 Å². The van der Waals surface area contributed by atoms with Crippen LogP contribution in [0.5, 0.6) is 0 Å². The van der Waals surface area contributed by atoms with Gasteiger partial charge in [-0.15, -0.1) is 12.4 Å². The second kappa shape index (κ2) is 7.59. The molecule has 0 aliphatic rings. The van der Waals surface area contributed by atoms with E-state index in [9.17, 15) is 22.8 Å². The summed E-state index contributed by atoms with van der Waals surface area (Å²) < 4.78 is 35.4. The van der Waals surface area contributed by atoms with E-state index in [1.807, 2.05) is 0 Å². The Morgan fingerprint density at radius 1 is 1.10 bits per heavy atom. The number of amides is 2. The average Bonchev–Trinajstić information content (AvgIpc) is 2.33. The molecule has 20 heavy (non-hydrogen) atoms. The monoisotopic (exact) mass is 311 g/mol. The average molecular weight is 312 g/mol. The number of nitrogen functional groups attached to an aromatic ring is 1. The predicted octanol–water partition coefficient (Wildman–Crippen LogP) is 1.10. The summed E-state index contributed by atoms with van der Waals surface area (Å²) >= 11 is 0. The largest absolute Gasteiger partial charge is 0.405 e. The Bertz CT molecular complexity index is 463. The minimum atomic E-state index is -4.48. The molecule has 0 aliphatic carbocycles. The van der Waals surface area contributed by atoms with E-state index in [0.29, 0.717) is 5.69 Å². The van der Waals surface area contributed by atoms with Crippen molar-refractivity contribution < 1.29 is 22.8 Å². The number of rotatable bonds is 4. The SMILES string of the molecule is Cl.Nc1ccc(C(=O)NCC(=O)NCC(F)(F)F)cc1. The van der Waals surface area contributed by atoms with E-state index in [4.69, 9.17) is 5.73 Å². The van der Waals surface area contributed by atoms with E-state index in [0.717, 1.165) is 0 Å². The van der Waals surface area contributed by atoms with Gasteiger partial charge >= 0.3 is 6.18 Å². The maximum Gasteiger partial charge on any atom is 0.405 e. The topological polar surface area (TPSA) is 84.2 Å². The second-order valence-electron chi connectivity index (χ2n) is 3.70. The molecule has 0 spiro atoms. The van der Waals surface area contributed by atoms with Crippen LogP contribution < -0.4 is 16.4 Å². The van der Waals surface area contributed by atoms with Crippen molar-refractivity contribution in [3.8, 4) is 0 Å². The highest BCUT2D eigenvalue weighted by Gasteiger charge is 2.27. The van der Waals surface area contributed by atoms with Crippen LogP contribution in [0.15, 0.2) is 24.3 Å². The van der Waals surface area contributed by atoms with Crippen molar-refractivity contribution in [3.05, 3.63) is 29.8 Å². The summed E-state index contributed by atoms with van der Waals surface area (Å²) in [6.07, 6.45) is -4.48. The van der Waals surface area contributed by atoms with Crippen molar-refractivity contribution in [3.63, 3.8) is 0 Å². The molecule has 1 aromatic carbocycles. The summed E-state index contributed by atoms with van der Waals surface area (Å²) in [5.74, 6) is -1.48. The molecule has 0 atom stereocenters. The number of nitrogens with one attached hydrogen (secondary N) is 2. The van der Waals surface area contributed by atoms with Crippen LogP contribution in [0.3, 0.4) is 0 Å². The van der Waals surface area contributed by atoms with Gasteiger partial charge < -0.3 is 16.4 Å². The van der Waals surface area contributed by atoms with Crippen LogP contribution in [0.25, 0.3) is 0 Å². The van der Waals surface area contributed by atoms with Crippen molar-refractivity contribution in [1.29, 1.82) is 0 Å². The molecule has 9 heteroatoms. The van der Waals surface area contributed by atoms with Gasteiger partial charge in [-0.05, 0) is 24.3 Å². The molecule has 0 unspecified atom stereocenters. The Kier molecular flexibility index (Phi) is 6.84. The summed E-state index contributed by atoms with van der Waals surface area (Å²) in [5, 5.41) is 3.84. The van der Waals surface area contributed by atoms with Crippen LogP contribution in [-0.2, 0) is 4.79 Å². The molecule has 0 radical (unpaired) electrons. The van der Waals surface area contributed by atoms with Gasteiger partial charge in [0, 0.05) is 11.3 Å². The normalized spacial score (nSPS) is 10.3. The second-order valence-corrected chi connectivity index (χ2v) is 3.70. The highest BCUT2D eigenvalue weighted by molar-refractivity contribution is 5.96. The summed E-state index contributed by atoms with van der Waals surface area (Å²) in [5.41, 5.74) is 6.16. The zero-order valence-electron chi connectivity index (χ0n) is 10.2. The number of nitrogens with two attached hydrogens (primary N) is 1. The van der Waals surface area contributed by atoms with Crippen molar-refractivity contribution in [2.75, 3.05) is 18.8 Å². The molecule has 1 aromatic rings. The highest BCUT2D eigenvalue weighted by atomic mass is 35.5. The Labute approximate surface area is 119 Å². The van der Waals surface area contributed by atoms with Gasteiger partial charge in [0.2, 0.25) is 5.91 Å². The molecule has 112 valence electrons. The van der Waals surface area contributed by atoms with Crippen LogP contribution in [0, 0.1) is 0 Å². The van der Waals surface area contributed by atoms with Crippen LogP contribution in [0.1, 0.15) is 10.4 Å². The van der Waals surface area contributed by atoms with Gasteiger partial charge in [0.15, 0.2) is 0 Å². The first-order valence-electron chi connectivity index (χ1n) is 5.25. The quantitative estimate of drug-likeness (QED) is 0.728. The van der Waals surface area contributed by atoms with Gasteiger partial charge in [0.05, 0.1) is 6.54 Å². The number of halogens is 4. The fourth-order valence-electron chi connectivity index (χ4n) is 1.16. The minimum Gasteiger partial charge on any atom is -0.399 e. The third-order valence-electron chi connectivity index (χ3n) is 2.07. The summed E-state index contributed by atoms with van der Waals surface area (Å²) in [6, 6.07) is 5.88. The molecule has 0 saturated heterocycles. The van der Waals surface area contributed by atoms with E-state index in [2.05, 4.69) is 5.32 Å². The van der Waals surface area contributed by atoms with E-state index >= 15 is 0 Å². The maximum atomic E-state index is 11.8. The molecule has 0 aromatic heterocycles. The molecule has 0 fully saturated rings. The molecule has 0 heterocycles. The van der Waals surface area contributed by atoms with E-state index in [-0.39, 0.29) is 18.0 Å². The lowest BCUT2D eigenvalue weighted by Crippen LogP contribution is -2.40. The Balaban J connectivity index is 0.00000361. The lowest BCUT2D eigenvalue weighted by molar-refractivity contribution is -0.137. The Morgan fingerprint density at radius 2 is 1.65 bits per heavy atom. The first kappa shape index (κ1) is 18.0. The molecule has 5 nitrogen and oxygen atoms in total. The van der Waals surface area contributed by atoms with Crippen LogP contribution in [-0.4, -0.2) is 31.1 Å². The summed E-state index contributed by atoms with van der Waals surface area (Å²) in [4.78, 5) is 22.5. The summed E-state index contributed by atoms with van der Waals surface area (Å²) in [6.45, 7) is -1.96. The zero-order valence-corrected chi connectivity index (χ0v) is 11.0. The van der Waals surface area contributed by atoms with Crippen molar-refractivity contribution in [1.82, 2.24) is 10.6 Å². The molecule has 0 aliphatic heterocycles. The molecule has 1 rings (SSSR count). The molecular formula is C11H13ClF3N3O2. The van der Waals surface area contributed by atoms with Gasteiger partial charge in [-0.25, -0.2) is 0 Å². The van der Waals surface area contributed by atoms with E-state index in [1.54, 1.807) is 5.32 Å². The predicted molar refractivity (Wildman–Crippen MR) is 69.5 cm³/mol. The number of hydrogen-bond donors (Lipinski definition) is 3. The molecule has 2 amide bonds. The van der Waals surface area contributed by atoms with Gasteiger partial charge in [-0.2, -0.15) is 13.2 Å². The smallest absolute Gasteiger partial charge is 0.399 e. The van der Waals surface area contributed by atoms with Crippen molar-refractivity contribution in [2.45, 2.75) is 6.18 Å². The van der Waals surface area contributed by atoms with E-state index < -0.39 is 31.1 Å². The number of carbonyl (C=O) groups is 2. The van der Waals surface area contributed by atoms with Gasteiger partial charge in [0.1, 0.15) is 6.54 Å². The van der Waals surface area contributed by atoms with Crippen molar-refractivity contribution >= 4 is 29.9 Å². The number of anilines is 1. The highest BCUT2D eigenvalue weighted by Crippen LogP contribution is 2.11. The number of carbonyl (C=O) groups excluding carboxylic acids is 2. The molecule has 0 saturated carbocycles. The summed E-state index contributed by atoms with van der Waals surface area (Å²) in [7, 11) is 0. The lowest BCUT2D eigenvalue weighted by atomic mass is 10.2. The molecule has 0 bridgehead atoms. The Hall–Kier alpha value is -1.96. The molecular weight excluding hydrogens is 299 g/mol. The van der Waals surface area contributed by atoms with Crippen LogP contribution in [0.4, 0.5) is 18.9 Å². The maximum absolute atomic E-state index is 11.8. The third kappa shape index (κ3) is 6.83. The minimum absolute atomic E-state index is 0. The fraction of sp³-hybridized carbons (Fsp3) is 0.273. The number of hydrogen-bond acceptors (Lipinski definition) is 3.